The Labute approximate surface area is 121 Å². The summed E-state index contributed by atoms with van der Waals surface area (Å²) in [5.74, 6) is 0.858. The van der Waals surface area contributed by atoms with Crippen molar-refractivity contribution in [2.24, 2.45) is 5.73 Å². The van der Waals surface area contributed by atoms with Gasteiger partial charge < -0.3 is 10.5 Å². The van der Waals surface area contributed by atoms with Gasteiger partial charge in [0.2, 0.25) is 0 Å². The molecule has 0 aliphatic rings. The fraction of sp³-hybridized carbons (Fsp3) is 0.267. The van der Waals surface area contributed by atoms with Crippen LogP contribution in [0.25, 0.3) is 0 Å². The molecule has 0 radical (unpaired) electrons. The Kier molecular flexibility index (Phi) is 4.93. The molecule has 0 atom stereocenters. The summed E-state index contributed by atoms with van der Waals surface area (Å²) in [4.78, 5) is 4.43. The van der Waals surface area contributed by atoms with Gasteiger partial charge in [-0.05, 0) is 59.6 Å². The molecule has 100 valence electrons. The lowest BCUT2D eigenvalue weighted by Gasteiger charge is -2.12. The van der Waals surface area contributed by atoms with Crippen LogP contribution in [0.1, 0.15) is 17.0 Å². The zero-order valence-electron chi connectivity index (χ0n) is 10.9. The van der Waals surface area contributed by atoms with Crippen molar-refractivity contribution in [3.63, 3.8) is 0 Å². The molecule has 3 nitrogen and oxygen atoms in total. The van der Waals surface area contributed by atoms with Crippen LogP contribution in [0.15, 0.2) is 40.9 Å². The van der Waals surface area contributed by atoms with Crippen molar-refractivity contribution in [1.29, 1.82) is 0 Å². The van der Waals surface area contributed by atoms with E-state index in [1.54, 1.807) is 0 Å². The van der Waals surface area contributed by atoms with Gasteiger partial charge >= 0.3 is 0 Å². The summed E-state index contributed by atoms with van der Waals surface area (Å²) < 4.78 is 6.85. The Hall–Kier alpha value is -1.39. The summed E-state index contributed by atoms with van der Waals surface area (Å²) in [6, 6.07) is 11.9. The van der Waals surface area contributed by atoms with Gasteiger partial charge in [0.1, 0.15) is 12.4 Å². The van der Waals surface area contributed by atoms with Gasteiger partial charge in [-0.2, -0.15) is 0 Å². The first-order valence-corrected chi connectivity index (χ1v) is 7.03. The molecule has 2 N–H and O–H groups in total. The van der Waals surface area contributed by atoms with E-state index in [4.69, 9.17) is 10.5 Å². The number of para-hydroxylation sites is 1. The number of ether oxygens (including phenoxy) is 1. The summed E-state index contributed by atoms with van der Waals surface area (Å²) in [6.07, 6.45) is 0.802. The molecule has 0 aliphatic carbocycles. The van der Waals surface area contributed by atoms with E-state index in [0.29, 0.717) is 13.2 Å². The number of halogens is 1. The highest BCUT2D eigenvalue weighted by Gasteiger charge is 2.08. The molecule has 0 aliphatic heterocycles. The first kappa shape index (κ1) is 14.0. The molecule has 1 aromatic heterocycles. The molecule has 0 amide bonds. The largest absolute Gasteiger partial charge is 0.486 e. The average molecular weight is 321 g/mol. The van der Waals surface area contributed by atoms with Crippen LogP contribution in [0.2, 0.25) is 0 Å². The van der Waals surface area contributed by atoms with Crippen molar-refractivity contribution < 1.29 is 4.74 Å². The topological polar surface area (TPSA) is 48.1 Å². The molecule has 0 saturated heterocycles. The minimum atomic E-state index is 0.460. The van der Waals surface area contributed by atoms with E-state index in [0.717, 1.165) is 33.6 Å². The van der Waals surface area contributed by atoms with E-state index in [-0.39, 0.29) is 0 Å². The van der Waals surface area contributed by atoms with Crippen LogP contribution in [-0.4, -0.2) is 11.5 Å². The lowest BCUT2D eigenvalue weighted by Crippen LogP contribution is -2.06. The van der Waals surface area contributed by atoms with E-state index < -0.39 is 0 Å². The summed E-state index contributed by atoms with van der Waals surface area (Å²) in [5, 5.41) is 0. The van der Waals surface area contributed by atoms with Gasteiger partial charge in [0, 0.05) is 5.69 Å². The fourth-order valence-electron chi connectivity index (χ4n) is 1.89. The molecule has 0 bridgehead atoms. The van der Waals surface area contributed by atoms with Gasteiger partial charge in [0.05, 0.1) is 10.2 Å². The van der Waals surface area contributed by atoms with Crippen LogP contribution in [-0.2, 0) is 13.0 Å². The number of hydrogen-bond acceptors (Lipinski definition) is 3. The summed E-state index contributed by atoms with van der Waals surface area (Å²) in [7, 11) is 0. The average Bonchev–Trinajstić information content (AvgIpc) is 2.38. The summed E-state index contributed by atoms with van der Waals surface area (Å²) >= 11 is 3.52. The second-order valence-electron chi connectivity index (χ2n) is 4.33. The molecule has 4 heteroatoms. The summed E-state index contributed by atoms with van der Waals surface area (Å²) in [5.41, 5.74) is 8.66. The number of aromatic nitrogens is 1. The van der Waals surface area contributed by atoms with Crippen LogP contribution < -0.4 is 10.5 Å². The molecule has 0 unspecified atom stereocenters. The lowest BCUT2D eigenvalue weighted by molar-refractivity contribution is 0.296. The van der Waals surface area contributed by atoms with Crippen molar-refractivity contribution in [1.82, 2.24) is 4.98 Å². The highest BCUT2D eigenvalue weighted by atomic mass is 79.9. The van der Waals surface area contributed by atoms with Crippen LogP contribution >= 0.6 is 15.9 Å². The van der Waals surface area contributed by atoms with Crippen LogP contribution in [0.3, 0.4) is 0 Å². The van der Waals surface area contributed by atoms with Crippen LogP contribution in [0.5, 0.6) is 5.75 Å². The molecule has 2 aromatic rings. The Morgan fingerprint density at radius 3 is 2.74 bits per heavy atom. The van der Waals surface area contributed by atoms with Crippen molar-refractivity contribution in [3.05, 3.63) is 57.8 Å². The highest BCUT2D eigenvalue weighted by molar-refractivity contribution is 9.10. The maximum Gasteiger partial charge on any atom is 0.137 e. The maximum atomic E-state index is 5.90. The first-order valence-electron chi connectivity index (χ1n) is 6.23. The second kappa shape index (κ2) is 6.68. The SMILES string of the molecule is Cc1cccc(COc2c(Br)cccc2CCN)n1. The number of rotatable bonds is 5. The molecule has 0 saturated carbocycles. The Balaban J connectivity index is 2.14. The van der Waals surface area contributed by atoms with Gasteiger partial charge in [-0.15, -0.1) is 0 Å². The summed E-state index contributed by atoms with van der Waals surface area (Å²) in [6.45, 7) is 3.04. The van der Waals surface area contributed by atoms with Crippen LogP contribution in [0, 0.1) is 6.92 Å². The van der Waals surface area contributed by atoms with E-state index in [2.05, 4.69) is 20.9 Å². The number of nitrogens with zero attached hydrogens (tertiary/aromatic N) is 1. The predicted molar refractivity (Wildman–Crippen MR) is 80.2 cm³/mol. The lowest BCUT2D eigenvalue weighted by atomic mass is 10.1. The van der Waals surface area contributed by atoms with Crippen molar-refractivity contribution in [3.8, 4) is 5.75 Å². The molecule has 0 fully saturated rings. The van der Waals surface area contributed by atoms with Crippen molar-refractivity contribution >= 4 is 15.9 Å². The zero-order chi connectivity index (χ0) is 13.7. The van der Waals surface area contributed by atoms with Gasteiger partial charge in [-0.1, -0.05) is 18.2 Å². The molecule has 0 spiro atoms. The third kappa shape index (κ3) is 3.78. The fourth-order valence-corrected chi connectivity index (χ4v) is 2.42. The number of pyridine rings is 1. The first-order chi connectivity index (χ1) is 9.20. The smallest absolute Gasteiger partial charge is 0.137 e. The standard InChI is InChI=1S/C15H17BrN2O/c1-11-4-2-6-13(18-11)10-19-15-12(8-9-17)5-3-7-14(15)16/h2-7H,8-10,17H2,1H3. The molecule has 2 rings (SSSR count). The normalized spacial score (nSPS) is 10.5. The maximum absolute atomic E-state index is 5.90. The second-order valence-corrected chi connectivity index (χ2v) is 5.18. The molecule has 1 aromatic carbocycles. The van der Waals surface area contributed by atoms with E-state index >= 15 is 0 Å². The predicted octanol–water partition coefficient (Wildman–Crippen LogP) is 3.23. The molecule has 1 heterocycles. The van der Waals surface area contributed by atoms with Gasteiger partial charge in [0.15, 0.2) is 0 Å². The van der Waals surface area contributed by atoms with E-state index in [1.807, 2.05) is 43.3 Å². The number of nitrogens with two attached hydrogens (primary N) is 1. The Morgan fingerprint density at radius 1 is 1.21 bits per heavy atom. The highest BCUT2D eigenvalue weighted by Crippen LogP contribution is 2.29. The number of hydrogen-bond donors (Lipinski definition) is 1. The van der Waals surface area contributed by atoms with Crippen molar-refractivity contribution in [2.75, 3.05) is 6.54 Å². The van der Waals surface area contributed by atoms with Gasteiger partial charge in [-0.25, -0.2) is 0 Å². The molecule has 19 heavy (non-hydrogen) atoms. The minimum absolute atomic E-state index is 0.460. The molecular formula is C15H17BrN2O. The minimum Gasteiger partial charge on any atom is -0.486 e. The third-order valence-electron chi connectivity index (χ3n) is 2.77. The monoisotopic (exact) mass is 320 g/mol. The van der Waals surface area contributed by atoms with Gasteiger partial charge in [-0.3, -0.25) is 4.98 Å². The quantitative estimate of drug-likeness (QED) is 0.920. The third-order valence-corrected chi connectivity index (χ3v) is 3.40. The Morgan fingerprint density at radius 2 is 2.00 bits per heavy atom. The van der Waals surface area contributed by atoms with Crippen LogP contribution in [0.4, 0.5) is 0 Å². The number of aryl methyl sites for hydroxylation is 1. The van der Waals surface area contributed by atoms with Gasteiger partial charge in [0.25, 0.3) is 0 Å². The van der Waals surface area contributed by atoms with Crippen molar-refractivity contribution in [2.45, 2.75) is 20.0 Å². The van der Waals surface area contributed by atoms with E-state index in [1.165, 1.54) is 0 Å². The number of benzene rings is 1. The zero-order valence-corrected chi connectivity index (χ0v) is 12.5. The Bertz CT molecular complexity index is 558. The molecular weight excluding hydrogens is 304 g/mol. The van der Waals surface area contributed by atoms with E-state index in [9.17, 15) is 0 Å².